The Morgan fingerprint density at radius 2 is 1.86 bits per heavy atom. The summed E-state index contributed by atoms with van der Waals surface area (Å²) in [6.07, 6.45) is 1.47. The lowest BCUT2D eigenvalue weighted by molar-refractivity contribution is -0.119. The molecule has 2 N–H and O–H groups in total. The highest BCUT2D eigenvalue weighted by molar-refractivity contribution is 7.89. The number of rotatable bonds is 4. The van der Waals surface area contributed by atoms with E-state index in [4.69, 9.17) is 0 Å². The molecule has 0 bridgehead atoms. The van der Waals surface area contributed by atoms with Crippen molar-refractivity contribution in [2.24, 2.45) is 5.92 Å². The monoisotopic (exact) mass is 312 g/mol. The summed E-state index contributed by atoms with van der Waals surface area (Å²) in [5.41, 5.74) is 0. The molecule has 1 aromatic carbocycles. The Kier molecular flexibility index (Phi) is 4.84. The second-order valence-electron chi connectivity index (χ2n) is 5.28. The predicted molar refractivity (Wildman–Crippen MR) is 78.3 cm³/mol. The maximum Gasteiger partial charge on any atom is 0.243 e. The Morgan fingerprint density at radius 3 is 2.38 bits per heavy atom. The van der Waals surface area contributed by atoms with Crippen molar-refractivity contribution in [1.29, 1.82) is 0 Å². The first kappa shape index (κ1) is 15.8. The number of aromatic hydroxyl groups is 1. The number of piperidine rings is 1. The third kappa shape index (κ3) is 3.95. The van der Waals surface area contributed by atoms with Crippen LogP contribution in [0.3, 0.4) is 0 Å². The molecule has 2 rings (SSSR count). The fraction of sp³-hybridized carbons (Fsp3) is 0.500. The zero-order valence-electron chi connectivity index (χ0n) is 11.9. The van der Waals surface area contributed by atoms with Crippen LogP contribution in [-0.4, -0.2) is 43.4 Å². The van der Waals surface area contributed by atoms with Crippen LogP contribution in [0.1, 0.15) is 19.8 Å². The van der Waals surface area contributed by atoms with Gasteiger partial charge in [0.05, 0.1) is 4.90 Å². The molecular formula is C14H20N2O4S. The van der Waals surface area contributed by atoms with Crippen molar-refractivity contribution in [2.45, 2.75) is 24.7 Å². The zero-order valence-corrected chi connectivity index (χ0v) is 12.8. The molecular weight excluding hydrogens is 292 g/mol. The van der Waals surface area contributed by atoms with Crippen LogP contribution in [0.25, 0.3) is 0 Å². The van der Waals surface area contributed by atoms with E-state index in [1.165, 1.54) is 35.5 Å². The summed E-state index contributed by atoms with van der Waals surface area (Å²) in [7, 11) is -3.50. The van der Waals surface area contributed by atoms with Crippen molar-refractivity contribution in [3.63, 3.8) is 0 Å². The summed E-state index contributed by atoms with van der Waals surface area (Å²) in [6, 6.07) is 5.56. The van der Waals surface area contributed by atoms with Gasteiger partial charge in [-0.2, -0.15) is 4.31 Å². The van der Waals surface area contributed by atoms with Gasteiger partial charge in [0.1, 0.15) is 5.75 Å². The molecule has 1 amide bonds. The molecule has 21 heavy (non-hydrogen) atoms. The molecule has 1 aliphatic rings. The molecule has 1 saturated heterocycles. The number of phenolic OH excluding ortho intramolecular Hbond substituents is 1. The minimum atomic E-state index is -3.50. The SMILES string of the molecule is CC(=O)NCC1CCN(S(=O)(=O)c2ccc(O)cc2)CC1. The van der Waals surface area contributed by atoms with Crippen LogP contribution in [0, 0.1) is 5.92 Å². The van der Waals surface area contributed by atoms with Gasteiger partial charge in [0.15, 0.2) is 0 Å². The predicted octanol–water partition coefficient (Wildman–Crippen LogP) is 0.929. The number of nitrogens with one attached hydrogen (secondary N) is 1. The van der Waals surface area contributed by atoms with Crippen molar-refractivity contribution in [3.8, 4) is 5.75 Å². The fourth-order valence-corrected chi connectivity index (χ4v) is 3.88. The Morgan fingerprint density at radius 1 is 1.29 bits per heavy atom. The Bertz CT molecular complexity index is 590. The van der Waals surface area contributed by atoms with E-state index in [0.717, 1.165) is 12.8 Å². The molecule has 0 aliphatic carbocycles. The Balaban J connectivity index is 1.97. The van der Waals surface area contributed by atoms with E-state index in [9.17, 15) is 18.3 Å². The van der Waals surface area contributed by atoms with E-state index >= 15 is 0 Å². The number of nitrogens with zero attached hydrogens (tertiary/aromatic N) is 1. The number of hydrogen-bond donors (Lipinski definition) is 2. The number of sulfonamides is 1. The van der Waals surface area contributed by atoms with E-state index in [2.05, 4.69) is 5.32 Å². The summed E-state index contributed by atoms with van der Waals surface area (Å²) in [4.78, 5) is 11.1. The van der Waals surface area contributed by atoms with E-state index in [0.29, 0.717) is 25.6 Å². The van der Waals surface area contributed by atoms with Gasteiger partial charge in [0.25, 0.3) is 0 Å². The zero-order chi connectivity index (χ0) is 15.5. The summed E-state index contributed by atoms with van der Waals surface area (Å²) >= 11 is 0. The van der Waals surface area contributed by atoms with Crippen molar-refractivity contribution in [2.75, 3.05) is 19.6 Å². The lowest BCUT2D eigenvalue weighted by atomic mass is 9.98. The third-order valence-corrected chi connectivity index (χ3v) is 5.60. The van der Waals surface area contributed by atoms with Crippen LogP contribution < -0.4 is 5.32 Å². The van der Waals surface area contributed by atoms with Crippen LogP contribution in [0.5, 0.6) is 5.75 Å². The van der Waals surface area contributed by atoms with Gasteiger partial charge in [-0.1, -0.05) is 0 Å². The Labute approximate surface area is 124 Å². The van der Waals surface area contributed by atoms with Gasteiger partial charge >= 0.3 is 0 Å². The molecule has 0 unspecified atom stereocenters. The largest absolute Gasteiger partial charge is 0.508 e. The van der Waals surface area contributed by atoms with Crippen molar-refractivity contribution in [1.82, 2.24) is 9.62 Å². The quantitative estimate of drug-likeness (QED) is 0.866. The molecule has 0 radical (unpaired) electrons. The summed E-state index contributed by atoms with van der Waals surface area (Å²) in [5.74, 6) is 0.303. The van der Waals surface area contributed by atoms with Crippen molar-refractivity contribution < 1.29 is 18.3 Å². The minimum Gasteiger partial charge on any atom is -0.508 e. The summed E-state index contributed by atoms with van der Waals surface area (Å²) in [5, 5.41) is 12.0. The Hall–Kier alpha value is -1.60. The van der Waals surface area contributed by atoms with Crippen molar-refractivity contribution in [3.05, 3.63) is 24.3 Å². The first-order chi connectivity index (χ1) is 9.89. The molecule has 0 saturated carbocycles. The van der Waals surface area contributed by atoms with E-state index in [-0.39, 0.29) is 16.6 Å². The van der Waals surface area contributed by atoms with E-state index in [1.807, 2.05) is 0 Å². The van der Waals surface area contributed by atoms with Gasteiger partial charge < -0.3 is 10.4 Å². The number of carbonyl (C=O) groups is 1. The molecule has 1 fully saturated rings. The number of phenols is 1. The van der Waals surface area contributed by atoms with Crippen LogP contribution in [-0.2, 0) is 14.8 Å². The van der Waals surface area contributed by atoms with Crippen LogP contribution >= 0.6 is 0 Å². The number of benzene rings is 1. The van der Waals surface area contributed by atoms with Gasteiger partial charge in [0.2, 0.25) is 15.9 Å². The molecule has 116 valence electrons. The summed E-state index contributed by atoms with van der Waals surface area (Å²) in [6.45, 7) is 2.98. The van der Waals surface area contributed by atoms with Gasteiger partial charge in [0, 0.05) is 26.6 Å². The molecule has 1 heterocycles. The molecule has 7 heteroatoms. The molecule has 0 aromatic heterocycles. The number of carbonyl (C=O) groups excluding carboxylic acids is 1. The molecule has 1 aliphatic heterocycles. The third-order valence-electron chi connectivity index (χ3n) is 3.69. The van der Waals surface area contributed by atoms with Crippen LogP contribution in [0.4, 0.5) is 0 Å². The maximum absolute atomic E-state index is 12.4. The van der Waals surface area contributed by atoms with Gasteiger partial charge in [-0.25, -0.2) is 8.42 Å². The number of hydrogen-bond acceptors (Lipinski definition) is 4. The fourth-order valence-electron chi connectivity index (χ4n) is 2.41. The van der Waals surface area contributed by atoms with Gasteiger partial charge in [-0.15, -0.1) is 0 Å². The smallest absolute Gasteiger partial charge is 0.243 e. The van der Waals surface area contributed by atoms with E-state index < -0.39 is 10.0 Å². The summed E-state index contributed by atoms with van der Waals surface area (Å²) < 4.78 is 26.4. The average Bonchev–Trinajstić information content (AvgIpc) is 2.46. The van der Waals surface area contributed by atoms with Gasteiger partial charge in [-0.3, -0.25) is 4.79 Å². The highest BCUT2D eigenvalue weighted by Crippen LogP contribution is 2.24. The molecule has 1 aromatic rings. The lowest BCUT2D eigenvalue weighted by Gasteiger charge is -2.31. The highest BCUT2D eigenvalue weighted by atomic mass is 32.2. The molecule has 0 atom stereocenters. The second kappa shape index (κ2) is 6.44. The maximum atomic E-state index is 12.4. The van der Waals surface area contributed by atoms with Crippen LogP contribution in [0.15, 0.2) is 29.2 Å². The molecule has 0 spiro atoms. The van der Waals surface area contributed by atoms with Crippen molar-refractivity contribution >= 4 is 15.9 Å². The lowest BCUT2D eigenvalue weighted by Crippen LogP contribution is -2.41. The van der Waals surface area contributed by atoms with Gasteiger partial charge in [-0.05, 0) is 43.0 Å². The second-order valence-corrected chi connectivity index (χ2v) is 7.22. The first-order valence-corrected chi connectivity index (χ1v) is 8.37. The minimum absolute atomic E-state index is 0.0444. The standard InChI is InChI=1S/C14H20N2O4S/c1-11(17)15-10-12-6-8-16(9-7-12)21(19,20)14-4-2-13(18)3-5-14/h2-5,12,18H,6-10H2,1H3,(H,15,17). The van der Waals surface area contributed by atoms with Crippen LogP contribution in [0.2, 0.25) is 0 Å². The topological polar surface area (TPSA) is 86.7 Å². The number of amides is 1. The highest BCUT2D eigenvalue weighted by Gasteiger charge is 2.29. The average molecular weight is 312 g/mol. The normalized spacial score (nSPS) is 17.6. The molecule has 6 nitrogen and oxygen atoms in total. The van der Waals surface area contributed by atoms with E-state index in [1.54, 1.807) is 0 Å². The first-order valence-electron chi connectivity index (χ1n) is 6.93.